The minimum Gasteiger partial charge on any atom is -0.497 e. The van der Waals surface area contributed by atoms with Gasteiger partial charge in [-0.3, -0.25) is 19.4 Å². The number of hydrogen-bond donors (Lipinski definition) is 3. The average Bonchev–Trinajstić information content (AvgIpc) is 2.56. The van der Waals surface area contributed by atoms with Gasteiger partial charge in [-0.15, -0.1) is 0 Å². The van der Waals surface area contributed by atoms with Crippen molar-refractivity contribution in [2.45, 2.75) is 12.1 Å². The van der Waals surface area contributed by atoms with E-state index in [9.17, 15) is 19.5 Å². The van der Waals surface area contributed by atoms with Gasteiger partial charge in [-0.05, 0) is 24.3 Å². The highest BCUT2D eigenvalue weighted by Crippen LogP contribution is 2.21. The first kappa shape index (κ1) is 17.5. The molecular formula is C15H15N3O5S. The number of ether oxygens (including phenoxy) is 1. The minimum atomic E-state index is -0.697. The summed E-state index contributed by atoms with van der Waals surface area (Å²) < 4.78 is 5.02. The Kier molecular flexibility index (Phi) is 5.59. The second-order valence-electron chi connectivity index (χ2n) is 4.69. The summed E-state index contributed by atoms with van der Waals surface area (Å²) in [5.74, 6) is -0.616. The Morgan fingerprint density at radius 1 is 1.33 bits per heavy atom. The third-order valence-corrected chi connectivity index (χ3v) is 3.80. The number of anilines is 1. The number of hydrogen-bond acceptors (Lipinski definition) is 7. The van der Waals surface area contributed by atoms with Gasteiger partial charge in [0.2, 0.25) is 11.8 Å². The van der Waals surface area contributed by atoms with Gasteiger partial charge in [-0.2, -0.15) is 4.98 Å². The van der Waals surface area contributed by atoms with Crippen LogP contribution >= 0.6 is 11.8 Å². The summed E-state index contributed by atoms with van der Waals surface area (Å²) in [4.78, 5) is 41.0. The molecule has 0 aliphatic rings. The molecule has 0 unspecified atom stereocenters. The number of benzene rings is 1. The van der Waals surface area contributed by atoms with Crippen molar-refractivity contribution in [2.24, 2.45) is 0 Å². The zero-order valence-electron chi connectivity index (χ0n) is 13.0. The minimum absolute atomic E-state index is 0.0220. The molecule has 0 saturated carbocycles. The quantitative estimate of drug-likeness (QED) is 0.409. The van der Waals surface area contributed by atoms with E-state index in [1.54, 1.807) is 24.3 Å². The third kappa shape index (κ3) is 4.35. The van der Waals surface area contributed by atoms with E-state index < -0.39 is 17.3 Å². The van der Waals surface area contributed by atoms with E-state index in [1.165, 1.54) is 14.0 Å². The summed E-state index contributed by atoms with van der Waals surface area (Å²) >= 11 is 0.969. The van der Waals surface area contributed by atoms with Crippen LogP contribution in [0.2, 0.25) is 0 Å². The topological polar surface area (TPSA) is 121 Å². The number of ketones is 1. The largest absolute Gasteiger partial charge is 0.497 e. The van der Waals surface area contributed by atoms with Crippen LogP contribution < -0.4 is 15.6 Å². The molecule has 0 fully saturated rings. The van der Waals surface area contributed by atoms with Crippen molar-refractivity contribution in [1.29, 1.82) is 0 Å². The number of nitrogens with zero attached hydrogens (tertiary/aromatic N) is 1. The zero-order valence-corrected chi connectivity index (χ0v) is 13.8. The fraction of sp³-hybridized carbons (Fsp3) is 0.200. The van der Waals surface area contributed by atoms with E-state index in [1.807, 2.05) is 0 Å². The summed E-state index contributed by atoms with van der Waals surface area (Å²) in [6, 6.07) is 6.61. The van der Waals surface area contributed by atoms with Gasteiger partial charge >= 0.3 is 0 Å². The first-order valence-corrected chi connectivity index (χ1v) is 7.80. The Balaban J connectivity index is 2.07. The molecule has 1 aromatic carbocycles. The lowest BCUT2D eigenvalue weighted by Crippen LogP contribution is -2.19. The zero-order chi connectivity index (χ0) is 17.7. The van der Waals surface area contributed by atoms with Crippen LogP contribution in [-0.4, -0.2) is 39.6 Å². The second-order valence-corrected chi connectivity index (χ2v) is 5.66. The summed E-state index contributed by atoms with van der Waals surface area (Å²) in [5, 5.41) is 12.0. The molecule has 0 spiro atoms. The normalized spacial score (nSPS) is 10.2. The van der Waals surface area contributed by atoms with Gasteiger partial charge in [-0.1, -0.05) is 11.8 Å². The Bertz CT molecular complexity index is 817. The van der Waals surface area contributed by atoms with Crippen molar-refractivity contribution >= 4 is 29.1 Å². The van der Waals surface area contributed by atoms with E-state index in [0.717, 1.165) is 11.8 Å². The van der Waals surface area contributed by atoms with Gasteiger partial charge in [0.05, 0.1) is 12.9 Å². The standard InChI is InChI=1S/C15H15N3O5S/c1-8(19)16-12-13(21)17-15(18-14(12)22)24-7-11(20)9-3-5-10(23-2)6-4-9/h3-6H,7H2,1-2H3,(H,16,19)(H2,17,18,21,22). The average molecular weight is 349 g/mol. The fourth-order valence-electron chi connectivity index (χ4n) is 1.79. The maximum atomic E-state index is 12.1. The molecule has 0 saturated heterocycles. The van der Waals surface area contributed by atoms with Gasteiger partial charge < -0.3 is 15.2 Å². The summed E-state index contributed by atoms with van der Waals surface area (Å²) in [6.45, 7) is 1.20. The summed E-state index contributed by atoms with van der Waals surface area (Å²) in [5.41, 5.74) is -0.532. The molecule has 0 atom stereocenters. The maximum absolute atomic E-state index is 12.1. The molecule has 0 bridgehead atoms. The van der Waals surface area contributed by atoms with Crippen LogP contribution in [0.3, 0.4) is 0 Å². The number of Topliss-reactive ketones (excluding diaryl/α,β-unsaturated/α-hetero) is 1. The van der Waals surface area contributed by atoms with Gasteiger partial charge in [0.25, 0.3) is 5.56 Å². The monoisotopic (exact) mass is 349 g/mol. The van der Waals surface area contributed by atoms with Crippen molar-refractivity contribution < 1.29 is 19.4 Å². The number of rotatable bonds is 6. The highest BCUT2D eigenvalue weighted by Gasteiger charge is 2.14. The highest BCUT2D eigenvalue weighted by molar-refractivity contribution is 7.99. The number of thioether (sulfide) groups is 1. The van der Waals surface area contributed by atoms with Crippen molar-refractivity contribution in [3.63, 3.8) is 0 Å². The number of aromatic nitrogens is 2. The highest BCUT2D eigenvalue weighted by atomic mass is 32.2. The lowest BCUT2D eigenvalue weighted by molar-refractivity contribution is -0.114. The Morgan fingerprint density at radius 3 is 2.54 bits per heavy atom. The number of H-pyrrole nitrogens is 1. The van der Waals surface area contributed by atoms with Gasteiger partial charge in [0, 0.05) is 12.5 Å². The van der Waals surface area contributed by atoms with Crippen molar-refractivity contribution in [3.8, 4) is 11.6 Å². The van der Waals surface area contributed by atoms with Crippen molar-refractivity contribution in [1.82, 2.24) is 9.97 Å². The Morgan fingerprint density at radius 2 is 2.00 bits per heavy atom. The van der Waals surface area contributed by atoms with Crippen LogP contribution in [0.5, 0.6) is 11.6 Å². The maximum Gasteiger partial charge on any atom is 0.279 e. The molecule has 24 heavy (non-hydrogen) atoms. The molecule has 0 radical (unpaired) electrons. The molecule has 1 amide bonds. The van der Waals surface area contributed by atoms with E-state index in [0.29, 0.717) is 11.3 Å². The summed E-state index contributed by atoms with van der Waals surface area (Å²) in [7, 11) is 1.53. The number of carbonyl (C=O) groups is 2. The van der Waals surface area contributed by atoms with E-state index in [4.69, 9.17) is 4.74 Å². The summed E-state index contributed by atoms with van der Waals surface area (Å²) in [6.07, 6.45) is 0. The van der Waals surface area contributed by atoms with Crippen molar-refractivity contribution in [2.75, 3.05) is 18.2 Å². The van der Waals surface area contributed by atoms with Gasteiger partial charge in [0.1, 0.15) is 5.75 Å². The molecule has 8 nitrogen and oxygen atoms in total. The fourth-order valence-corrected chi connectivity index (χ4v) is 2.54. The van der Waals surface area contributed by atoms with Crippen LogP contribution in [0.4, 0.5) is 5.69 Å². The number of carbonyl (C=O) groups excluding carboxylic acids is 2. The van der Waals surface area contributed by atoms with E-state index >= 15 is 0 Å². The lowest BCUT2D eigenvalue weighted by Gasteiger charge is -2.06. The van der Waals surface area contributed by atoms with Gasteiger partial charge in [-0.25, -0.2) is 0 Å². The second kappa shape index (κ2) is 7.64. The Hall–Kier alpha value is -2.81. The van der Waals surface area contributed by atoms with Gasteiger partial charge in [0.15, 0.2) is 16.6 Å². The van der Waals surface area contributed by atoms with Crippen LogP contribution in [0.15, 0.2) is 34.2 Å². The number of aromatic amines is 1. The predicted molar refractivity (Wildman–Crippen MR) is 88.9 cm³/mol. The molecule has 9 heteroatoms. The first-order valence-electron chi connectivity index (χ1n) is 6.81. The molecule has 0 aliphatic carbocycles. The number of aromatic hydroxyl groups is 1. The number of methoxy groups -OCH3 is 1. The van der Waals surface area contributed by atoms with Crippen LogP contribution in [0, 0.1) is 0 Å². The van der Waals surface area contributed by atoms with Crippen molar-refractivity contribution in [3.05, 3.63) is 40.2 Å². The van der Waals surface area contributed by atoms with Crippen LogP contribution in [0.1, 0.15) is 17.3 Å². The third-order valence-electron chi connectivity index (χ3n) is 2.93. The SMILES string of the molecule is COc1ccc(C(=O)CSc2nc(O)c(NC(C)=O)c(=O)[nH]2)cc1. The molecule has 126 valence electrons. The smallest absolute Gasteiger partial charge is 0.279 e. The predicted octanol–water partition coefficient (Wildman–Crippen LogP) is 1.42. The molecule has 1 aromatic heterocycles. The molecule has 0 aliphatic heterocycles. The number of nitrogens with one attached hydrogen (secondary N) is 2. The van der Waals surface area contributed by atoms with E-state index in [2.05, 4.69) is 15.3 Å². The molecule has 2 aromatic rings. The van der Waals surface area contributed by atoms with E-state index in [-0.39, 0.29) is 22.4 Å². The molecular weight excluding hydrogens is 334 g/mol. The van der Waals surface area contributed by atoms with Crippen LogP contribution in [0.25, 0.3) is 0 Å². The lowest BCUT2D eigenvalue weighted by atomic mass is 10.1. The first-order chi connectivity index (χ1) is 11.4. The Labute approximate surface area is 141 Å². The van der Waals surface area contributed by atoms with Crippen LogP contribution in [-0.2, 0) is 4.79 Å². The molecule has 3 N–H and O–H groups in total. The number of amides is 1. The molecule has 1 heterocycles. The molecule has 2 rings (SSSR count).